The van der Waals surface area contributed by atoms with Crippen molar-refractivity contribution in [1.82, 2.24) is 0 Å². The number of esters is 2. The number of aldehydes is 1. The van der Waals surface area contributed by atoms with Gasteiger partial charge in [0.05, 0.1) is 12.8 Å². The summed E-state index contributed by atoms with van der Waals surface area (Å²) in [6.07, 6.45) is 14.5. The van der Waals surface area contributed by atoms with Gasteiger partial charge in [-0.25, -0.2) is 0 Å². The largest absolute Gasteiger partial charge is 0.462 e. The molecule has 5 saturated carbocycles. The van der Waals surface area contributed by atoms with Crippen LogP contribution in [-0.2, 0) is 23.9 Å². The van der Waals surface area contributed by atoms with Gasteiger partial charge in [0, 0.05) is 10.8 Å². The van der Waals surface area contributed by atoms with E-state index in [0.717, 1.165) is 32.1 Å². The quantitative estimate of drug-likeness (QED) is 0.149. The molecule has 0 aromatic rings. The first-order chi connectivity index (χ1) is 20.5. The summed E-state index contributed by atoms with van der Waals surface area (Å²) in [4.78, 5) is 38.1. The second kappa shape index (κ2) is 11.7. The van der Waals surface area contributed by atoms with E-state index in [4.69, 9.17) is 9.47 Å². The van der Waals surface area contributed by atoms with Crippen LogP contribution in [0.2, 0.25) is 0 Å². The maximum atomic E-state index is 13.3. The summed E-state index contributed by atoms with van der Waals surface area (Å²) in [5.41, 5.74) is 1.00. The van der Waals surface area contributed by atoms with Crippen LogP contribution in [0.4, 0.5) is 0 Å². The molecule has 4 unspecified atom stereocenters. The predicted octanol–water partition coefficient (Wildman–Crippen LogP) is 8.90. The highest BCUT2D eigenvalue weighted by molar-refractivity contribution is 5.74. The van der Waals surface area contributed by atoms with Crippen LogP contribution >= 0.6 is 0 Å². The van der Waals surface area contributed by atoms with Gasteiger partial charge >= 0.3 is 11.9 Å². The first kappa shape index (κ1) is 33.5. The average Bonchev–Trinajstić information content (AvgIpc) is 3.34. The van der Waals surface area contributed by atoms with Gasteiger partial charge in [0.2, 0.25) is 0 Å². The molecule has 5 rings (SSSR count). The summed E-state index contributed by atoms with van der Waals surface area (Å²) in [5, 5.41) is 0. The third-order valence-electron chi connectivity index (χ3n) is 14.3. The fourth-order valence-corrected chi connectivity index (χ4v) is 12.5. The van der Waals surface area contributed by atoms with E-state index in [1.54, 1.807) is 6.08 Å². The number of fused-ring (bicyclic) bond motifs is 7. The van der Waals surface area contributed by atoms with Crippen LogP contribution in [0.1, 0.15) is 126 Å². The van der Waals surface area contributed by atoms with Crippen LogP contribution in [0.3, 0.4) is 0 Å². The average molecular weight is 609 g/mol. The third-order valence-corrected chi connectivity index (χ3v) is 14.3. The molecule has 0 bridgehead atoms. The Labute approximate surface area is 267 Å². The summed E-state index contributed by atoms with van der Waals surface area (Å²) in [5.74, 6) is 2.89. The topological polar surface area (TPSA) is 69.7 Å². The maximum absolute atomic E-state index is 13.3. The molecule has 0 aromatic carbocycles. The predicted molar refractivity (Wildman–Crippen MR) is 174 cm³/mol. The number of allylic oxidation sites excluding steroid dienone is 1. The normalized spacial score (nSPS) is 42.5. The fraction of sp³-hybridized carbons (Fsp3) is 0.821. The van der Waals surface area contributed by atoms with Crippen molar-refractivity contribution >= 4 is 18.2 Å². The van der Waals surface area contributed by atoms with Crippen molar-refractivity contribution in [2.45, 2.75) is 132 Å². The van der Waals surface area contributed by atoms with Gasteiger partial charge in [-0.05, 0) is 123 Å². The van der Waals surface area contributed by atoms with Crippen LogP contribution in [-0.4, -0.2) is 30.9 Å². The Bertz CT molecular complexity index is 1170. The molecule has 0 spiro atoms. The monoisotopic (exact) mass is 608 g/mol. The van der Waals surface area contributed by atoms with E-state index in [1.807, 2.05) is 13.8 Å². The Morgan fingerprint density at radius 3 is 2.18 bits per heavy atom. The van der Waals surface area contributed by atoms with Crippen molar-refractivity contribution in [2.24, 2.45) is 62.6 Å². The minimum Gasteiger partial charge on any atom is -0.462 e. The van der Waals surface area contributed by atoms with Gasteiger partial charge in [-0.15, -0.1) is 0 Å². The Morgan fingerprint density at radius 1 is 0.864 bits per heavy atom. The van der Waals surface area contributed by atoms with E-state index in [9.17, 15) is 14.4 Å². The molecule has 10 atom stereocenters. The van der Waals surface area contributed by atoms with Gasteiger partial charge in [-0.3, -0.25) is 9.59 Å². The third kappa shape index (κ3) is 5.44. The van der Waals surface area contributed by atoms with E-state index >= 15 is 0 Å². The van der Waals surface area contributed by atoms with Crippen molar-refractivity contribution in [3.8, 4) is 0 Å². The van der Waals surface area contributed by atoms with Crippen molar-refractivity contribution in [2.75, 3.05) is 6.61 Å². The highest BCUT2D eigenvalue weighted by atomic mass is 16.5. The molecular formula is C39H60O5. The molecule has 0 amide bonds. The summed E-state index contributed by atoms with van der Waals surface area (Å²) in [6, 6.07) is 0. The lowest BCUT2D eigenvalue weighted by molar-refractivity contribution is -0.222. The minimum atomic E-state index is -0.530. The zero-order chi connectivity index (χ0) is 32.3. The lowest BCUT2D eigenvalue weighted by atomic mass is 9.36. The fourth-order valence-electron chi connectivity index (χ4n) is 12.5. The Kier molecular flexibility index (Phi) is 8.90. The van der Waals surface area contributed by atoms with E-state index < -0.39 is 5.41 Å². The molecule has 44 heavy (non-hydrogen) atoms. The second-order valence-electron chi connectivity index (χ2n) is 17.7. The number of rotatable bonds is 9. The number of ether oxygens (including phenoxy) is 2. The van der Waals surface area contributed by atoms with Crippen LogP contribution in [0.25, 0.3) is 0 Å². The number of carbonyl (C=O) groups is 3. The Balaban J connectivity index is 1.30. The van der Waals surface area contributed by atoms with E-state index in [1.165, 1.54) is 44.0 Å². The second-order valence-corrected chi connectivity index (χ2v) is 17.7. The molecule has 5 fully saturated rings. The molecule has 0 aromatic heterocycles. The zero-order valence-corrected chi connectivity index (χ0v) is 28.8. The van der Waals surface area contributed by atoms with Gasteiger partial charge in [0.25, 0.3) is 0 Å². The molecule has 0 aliphatic heterocycles. The molecule has 0 N–H and O–H groups in total. The van der Waals surface area contributed by atoms with Crippen LogP contribution < -0.4 is 0 Å². The summed E-state index contributed by atoms with van der Waals surface area (Å²) >= 11 is 0. The molecule has 0 saturated heterocycles. The SMILES string of the molecule is C=CCOC(=O)CC(C)(C)CC(=O)O[C@H]1CC[C@@]2(C)C(CC[C@@]3(C)C4CC[C@@]5(C=O)CC[C@@H](C(=C)C)C5[C@H]4CCC32)C1(C)C. The highest BCUT2D eigenvalue weighted by Gasteiger charge is 2.67. The van der Waals surface area contributed by atoms with Gasteiger partial charge in [0.1, 0.15) is 19.0 Å². The van der Waals surface area contributed by atoms with Crippen molar-refractivity contribution in [3.05, 3.63) is 24.8 Å². The standard InChI is InChI=1S/C39H60O5/c1-10-21-43-32(41)22-35(4,5)23-33(42)44-31-16-18-38(9)29(36(31,6)7)15-17-37(8)28-14-20-39(24-40)19-13-26(25(2)3)34(39)27(28)11-12-30(37)38/h10,24,26-31,34H,1-2,11-23H2,3-9H3/t26-,27-,28?,29?,30?,31-,34?,37-,38-,39+/m0/s1. The molecule has 5 aliphatic carbocycles. The van der Waals surface area contributed by atoms with E-state index in [0.29, 0.717) is 35.5 Å². The van der Waals surface area contributed by atoms with Gasteiger partial charge in [0.15, 0.2) is 0 Å². The molecular weight excluding hydrogens is 548 g/mol. The van der Waals surface area contributed by atoms with Crippen LogP contribution in [0, 0.1) is 62.6 Å². The van der Waals surface area contributed by atoms with E-state index in [-0.39, 0.29) is 59.2 Å². The van der Waals surface area contributed by atoms with Crippen molar-refractivity contribution in [1.29, 1.82) is 0 Å². The van der Waals surface area contributed by atoms with Crippen molar-refractivity contribution < 1.29 is 23.9 Å². The lowest BCUT2D eigenvalue weighted by Crippen LogP contribution is -2.63. The maximum Gasteiger partial charge on any atom is 0.306 e. The Hall–Kier alpha value is -1.91. The molecule has 0 heterocycles. The lowest BCUT2D eigenvalue weighted by Gasteiger charge is -2.69. The van der Waals surface area contributed by atoms with Gasteiger partial charge in [-0.1, -0.05) is 66.3 Å². The van der Waals surface area contributed by atoms with Crippen molar-refractivity contribution in [3.63, 3.8) is 0 Å². The molecule has 5 nitrogen and oxygen atoms in total. The van der Waals surface area contributed by atoms with Gasteiger partial charge in [-0.2, -0.15) is 0 Å². The number of carbonyl (C=O) groups excluding carboxylic acids is 3. The molecule has 5 aliphatic rings. The summed E-state index contributed by atoms with van der Waals surface area (Å²) in [6.45, 7) is 24.1. The molecule has 5 heteroatoms. The first-order valence-electron chi connectivity index (χ1n) is 17.6. The summed E-state index contributed by atoms with van der Waals surface area (Å²) < 4.78 is 11.5. The highest BCUT2D eigenvalue weighted by Crippen LogP contribution is 2.73. The Morgan fingerprint density at radius 2 is 1.52 bits per heavy atom. The molecule has 0 radical (unpaired) electrons. The van der Waals surface area contributed by atoms with Crippen LogP contribution in [0.15, 0.2) is 24.8 Å². The molecule has 246 valence electrons. The smallest absolute Gasteiger partial charge is 0.306 e. The first-order valence-corrected chi connectivity index (χ1v) is 17.6. The number of hydrogen-bond acceptors (Lipinski definition) is 5. The van der Waals surface area contributed by atoms with E-state index in [2.05, 4.69) is 47.8 Å². The summed E-state index contributed by atoms with van der Waals surface area (Å²) in [7, 11) is 0. The minimum absolute atomic E-state index is 0.116. The zero-order valence-electron chi connectivity index (χ0n) is 28.8. The van der Waals surface area contributed by atoms with Crippen LogP contribution in [0.5, 0.6) is 0 Å². The van der Waals surface area contributed by atoms with Gasteiger partial charge < -0.3 is 14.3 Å². The number of hydrogen-bond donors (Lipinski definition) is 0.